The standard InChI is InChI=1S/C26H24F6N4O3S/c1-2-16-11-33-19(9-21(16)17-3-8-23(34-12-17)26(30,31)32)13-35-24(37)22-10-25(29,14-27)15-36(22)40(38,39)20-6-4-18(28)5-7-20/h3-9,11-12,22H,2,10,13-15H2,1H3,(H,35,37). The minimum absolute atomic E-state index is 0.236. The maximum atomic E-state index is 15.0. The highest BCUT2D eigenvalue weighted by Crippen LogP contribution is 2.36. The second kappa shape index (κ2) is 11.2. The van der Waals surface area contributed by atoms with Crippen molar-refractivity contribution in [1.29, 1.82) is 0 Å². The van der Waals surface area contributed by atoms with Crippen molar-refractivity contribution in [2.24, 2.45) is 0 Å². The van der Waals surface area contributed by atoms with Crippen molar-refractivity contribution in [1.82, 2.24) is 19.6 Å². The number of amides is 1. The topological polar surface area (TPSA) is 92.3 Å². The van der Waals surface area contributed by atoms with Gasteiger partial charge in [-0.1, -0.05) is 13.0 Å². The van der Waals surface area contributed by atoms with Crippen molar-refractivity contribution in [3.05, 3.63) is 77.6 Å². The molecule has 3 heterocycles. The second-order valence-electron chi connectivity index (χ2n) is 9.34. The number of aromatic nitrogens is 2. The van der Waals surface area contributed by atoms with Crippen LogP contribution in [0.15, 0.2) is 59.8 Å². The Morgan fingerprint density at radius 2 is 1.82 bits per heavy atom. The van der Waals surface area contributed by atoms with Gasteiger partial charge in [-0.05, 0) is 53.9 Å². The van der Waals surface area contributed by atoms with Crippen molar-refractivity contribution >= 4 is 15.9 Å². The molecular formula is C26H24F6N4O3S. The summed E-state index contributed by atoms with van der Waals surface area (Å²) in [6.07, 6.45) is -2.27. The molecule has 0 spiro atoms. The van der Waals surface area contributed by atoms with Gasteiger partial charge in [0, 0.05) is 24.4 Å². The number of halogens is 6. The van der Waals surface area contributed by atoms with E-state index < -0.39 is 65.0 Å². The van der Waals surface area contributed by atoms with Gasteiger partial charge in [0.05, 0.1) is 23.7 Å². The van der Waals surface area contributed by atoms with Crippen molar-refractivity contribution in [2.75, 3.05) is 13.2 Å². The Hall–Kier alpha value is -3.52. The first kappa shape index (κ1) is 29.5. The lowest BCUT2D eigenvalue weighted by Crippen LogP contribution is -2.45. The Bertz CT molecular complexity index is 1480. The highest BCUT2D eigenvalue weighted by molar-refractivity contribution is 7.89. The first-order chi connectivity index (χ1) is 18.8. The number of rotatable bonds is 8. The number of carbonyl (C=O) groups excluding carboxylic acids is 1. The zero-order valence-corrected chi connectivity index (χ0v) is 21.9. The molecule has 214 valence electrons. The third kappa shape index (κ3) is 6.12. The van der Waals surface area contributed by atoms with Gasteiger partial charge in [0.2, 0.25) is 15.9 Å². The summed E-state index contributed by atoms with van der Waals surface area (Å²) in [5.41, 5.74) is -1.75. The summed E-state index contributed by atoms with van der Waals surface area (Å²) >= 11 is 0. The second-order valence-corrected chi connectivity index (χ2v) is 11.2. The van der Waals surface area contributed by atoms with Crippen molar-refractivity contribution < 1.29 is 39.6 Å². The number of alkyl halides is 5. The Morgan fingerprint density at radius 1 is 1.12 bits per heavy atom. The van der Waals surface area contributed by atoms with Crippen LogP contribution in [0.3, 0.4) is 0 Å². The number of carbonyl (C=O) groups is 1. The Balaban J connectivity index is 1.56. The average Bonchev–Trinajstić information content (AvgIpc) is 3.30. The van der Waals surface area contributed by atoms with E-state index in [1.165, 1.54) is 12.3 Å². The molecular weight excluding hydrogens is 562 g/mol. The Morgan fingerprint density at radius 3 is 2.40 bits per heavy atom. The minimum atomic E-state index is -4.60. The number of sulfonamides is 1. The molecule has 1 N–H and O–H groups in total. The lowest BCUT2D eigenvalue weighted by molar-refractivity contribution is -0.141. The molecule has 3 aromatic rings. The van der Waals surface area contributed by atoms with Crippen LogP contribution >= 0.6 is 0 Å². The fourth-order valence-electron chi connectivity index (χ4n) is 4.41. The molecule has 1 aliphatic heterocycles. The zero-order chi connectivity index (χ0) is 29.3. The van der Waals surface area contributed by atoms with Crippen LogP contribution in [0.4, 0.5) is 26.3 Å². The minimum Gasteiger partial charge on any atom is -0.349 e. The van der Waals surface area contributed by atoms with E-state index in [4.69, 9.17) is 0 Å². The van der Waals surface area contributed by atoms with Gasteiger partial charge in [0.15, 0.2) is 5.67 Å². The highest BCUT2D eigenvalue weighted by Gasteiger charge is 2.52. The molecule has 0 aliphatic carbocycles. The van der Waals surface area contributed by atoms with E-state index in [-0.39, 0.29) is 17.1 Å². The van der Waals surface area contributed by atoms with Crippen LogP contribution in [-0.4, -0.2) is 53.5 Å². The van der Waals surface area contributed by atoms with E-state index >= 15 is 0 Å². The molecule has 40 heavy (non-hydrogen) atoms. The third-order valence-electron chi connectivity index (χ3n) is 6.54. The maximum absolute atomic E-state index is 15.0. The molecule has 0 radical (unpaired) electrons. The molecule has 1 aliphatic rings. The van der Waals surface area contributed by atoms with E-state index in [1.54, 1.807) is 6.07 Å². The molecule has 0 saturated carbocycles. The monoisotopic (exact) mass is 586 g/mol. The Kier molecular flexibility index (Phi) is 8.22. The molecule has 14 heteroatoms. The fourth-order valence-corrected chi connectivity index (χ4v) is 6.06. The molecule has 2 aromatic heterocycles. The highest BCUT2D eigenvalue weighted by atomic mass is 32.2. The van der Waals surface area contributed by atoms with Gasteiger partial charge in [-0.15, -0.1) is 0 Å². The summed E-state index contributed by atoms with van der Waals surface area (Å²) in [5, 5.41) is 2.49. The number of benzene rings is 1. The van der Waals surface area contributed by atoms with E-state index in [0.29, 0.717) is 27.4 Å². The number of hydrogen-bond acceptors (Lipinski definition) is 5. The van der Waals surface area contributed by atoms with Crippen molar-refractivity contribution in [2.45, 2.75) is 49.1 Å². The lowest BCUT2D eigenvalue weighted by Gasteiger charge is -2.23. The SMILES string of the molecule is CCc1cnc(CNC(=O)C2CC(F)(CF)CN2S(=O)(=O)c2ccc(F)cc2)cc1-c1ccc(C(F)(F)F)nc1. The number of pyridine rings is 2. The van der Waals surface area contributed by atoms with E-state index in [2.05, 4.69) is 15.3 Å². The normalized spacial score (nSPS) is 20.0. The maximum Gasteiger partial charge on any atom is 0.433 e. The molecule has 1 fully saturated rings. The van der Waals surface area contributed by atoms with Gasteiger partial charge >= 0.3 is 6.18 Å². The zero-order valence-electron chi connectivity index (χ0n) is 21.1. The molecule has 2 atom stereocenters. The molecule has 1 amide bonds. The van der Waals surface area contributed by atoms with Crippen LogP contribution in [0.5, 0.6) is 0 Å². The van der Waals surface area contributed by atoms with E-state index in [9.17, 15) is 39.6 Å². The lowest BCUT2D eigenvalue weighted by atomic mass is 10.00. The van der Waals surface area contributed by atoms with Gasteiger partial charge in [0.25, 0.3) is 0 Å². The summed E-state index contributed by atoms with van der Waals surface area (Å²) in [5.74, 6) is -1.61. The van der Waals surface area contributed by atoms with Crippen LogP contribution < -0.4 is 5.32 Å². The number of hydrogen-bond donors (Lipinski definition) is 1. The van der Waals surface area contributed by atoms with Gasteiger partial charge in [-0.25, -0.2) is 21.6 Å². The molecule has 4 rings (SSSR count). The number of aryl methyl sites for hydroxylation is 1. The first-order valence-electron chi connectivity index (χ1n) is 12.1. The Labute approximate surface area is 226 Å². The van der Waals surface area contributed by atoms with E-state index in [1.807, 2.05) is 6.92 Å². The van der Waals surface area contributed by atoms with Crippen LogP contribution in [0.1, 0.15) is 30.3 Å². The predicted molar refractivity (Wildman–Crippen MR) is 132 cm³/mol. The first-order valence-corrected chi connectivity index (χ1v) is 13.5. The van der Waals surface area contributed by atoms with Crippen LogP contribution in [0, 0.1) is 5.82 Å². The van der Waals surface area contributed by atoms with Crippen LogP contribution in [0.2, 0.25) is 0 Å². The van der Waals surface area contributed by atoms with Crippen LogP contribution in [0.25, 0.3) is 11.1 Å². The smallest absolute Gasteiger partial charge is 0.349 e. The summed E-state index contributed by atoms with van der Waals surface area (Å²) < 4.78 is 107. The van der Waals surface area contributed by atoms with Crippen LogP contribution in [-0.2, 0) is 34.0 Å². The quantitative estimate of drug-likeness (QED) is 0.389. The summed E-state index contributed by atoms with van der Waals surface area (Å²) in [6, 6.07) is 5.78. The summed E-state index contributed by atoms with van der Waals surface area (Å²) in [6.45, 7) is -0.837. The molecule has 2 unspecified atom stereocenters. The molecule has 1 saturated heterocycles. The largest absolute Gasteiger partial charge is 0.433 e. The van der Waals surface area contributed by atoms with Crippen molar-refractivity contribution in [3.8, 4) is 11.1 Å². The van der Waals surface area contributed by atoms with E-state index in [0.717, 1.165) is 36.5 Å². The van der Waals surface area contributed by atoms with Gasteiger partial charge in [-0.2, -0.15) is 17.5 Å². The summed E-state index contributed by atoms with van der Waals surface area (Å²) in [4.78, 5) is 20.4. The number of nitrogens with zero attached hydrogens (tertiary/aromatic N) is 3. The molecule has 7 nitrogen and oxygen atoms in total. The van der Waals surface area contributed by atoms with Gasteiger partial charge < -0.3 is 5.32 Å². The summed E-state index contributed by atoms with van der Waals surface area (Å²) in [7, 11) is -4.48. The fraction of sp³-hybridized carbons (Fsp3) is 0.346. The molecule has 1 aromatic carbocycles. The number of nitrogens with one attached hydrogen (secondary N) is 1. The molecule has 0 bridgehead atoms. The van der Waals surface area contributed by atoms with Gasteiger partial charge in [-0.3, -0.25) is 14.8 Å². The third-order valence-corrected chi connectivity index (χ3v) is 8.41. The average molecular weight is 587 g/mol. The van der Waals surface area contributed by atoms with Gasteiger partial charge in [0.1, 0.15) is 24.2 Å². The van der Waals surface area contributed by atoms with Crippen molar-refractivity contribution in [3.63, 3.8) is 0 Å². The predicted octanol–water partition coefficient (Wildman–Crippen LogP) is 4.62.